The molecule has 0 saturated heterocycles. The maximum absolute atomic E-state index is 12.7. The van der Waals surface area contributed by atoms with Crippen LogP contribution < -0.4 is 0 Å². The van der Waals surface area contributed by atoms with E-state index < -0.39 is 12.5 Å². The molecule has 0 aliphatic heterocycles. The Kier molecular flexibility index (Phi) is 4.73. The first-order valence-corrected chi connectivity index (χ1v) is 7.01. The van der Waals surface area contributed by atoms with Crippen LogP contribution in [0.5, 0.6) is 0 Å². The quantitative estimate of drug-likeness (QED) is 0.855. The predicted octanol–water partition coefficient (Wildman–Crippen LogP) is 4.83. The molecule has 2 aromatic carbocycles. The fourth-order valence-corrected chi connectivity index (χ4v) is 2.75. The van der Waals surface area contributed by atoms with E-state index in [1.54, 1.807) is 12.1 Å². The highest BCUT2D eigenvalue weighted by Gasteiger charge is 2.15. The summed E-state index contributed by atoms with van der Waals surface area (Å²) in [6, 6.07) is 10.2. The van der Waals surface area contributed by atoms with Gasteiger partial charge in [0.05, 0.1) is 6.10 Å². The number of halogens is 2. The van der Waals surface area contributed by atoms with Crippen LogP contribution in [0.2, 0.25) is 0 Å². The van der Waals surface area contributed by atoms with Gasteiger partial charge in [-0.2, -0.15) is 0 Å². The lowest BCUT2D eigenvalue weighted by Gasteiger charge is -2.16. The maximum Gasteiger partial charge on any atom is 0.263 e. The SMILES string of the molecule is Cc1cc(C)c(CC(O)c2cccc(C(F)F)c2)c(C)c1. The van der Waals surface area contributed by atoms with Crippen LogP contribution in [-0.4, -0.2) is 5.11 Å². The number of aryl methyl sites for hydroxylation is 3. The van der Waals surface area contributed by atoms with E-state index in [9.17, 15) is 13.9 Å². The van der Waals surface area contributed by atoms with Crippen molar-refractivity contribution < 1.29 is 13.9 Å². The van der Waals surface area contributed by atoms with Crippen molar-refractivity contribution in [2.45, 2.75) is 39.7 Å². The molecule has 1 atom stereocenters. The first-order valence-electron chi connectivity index (χ1n) is 7.01. The first-order chi connectivity index (χ1) is 9.88. The molecule has 3 heteroatoms. The minimum absolute atomic E-state index is 0.0519. The normalized spacial score (nSPS) is 12.7. The van der Waals surface area contributed by atoms with Crippen molar-refractivity contribution in [1.82, 2.24) is 0 Å². The van der Waals surface area contributed by atoms with Crippen LogP contribution in [-0.2, 0) is 6.42 Å². The molecule has 0 aliphatic carbocycles. The zero-order valence-electron chi connectivity index (χ0n) is 12.5. The predicted molar refractivity (Wildman–Crippen MR) is 80.7 cm³/mol. The smallest absolute Gasteiger partial charge is 0.263 e. The summed E-state index contributed by atoms with van der Waals surface area (Å²) >= 11 is 0. The third-order valence-corrected chi connectivity index (χ3v) is 3.79. The van der Waals surface area contributed by atoms with Crippen LogP contribution in [0.3, 0.4) is 0 Å². The van der Waals surface area contributed by atoms with E-state index in [1.807, 2.05) is 20.8 Å². The highest BCUT2D eigenvalue weighted by molar-refractivity contribution is 5.39. The van der Waals surface area contributed by atoms with Crippen LogP contribution in [0.1, 0.15) is 45.9 Å². The largest absolute Gasteiger partial charge is 0.388 e. The maximum atomic E-state index is 12.7. The molecule has 0 bridgehead atoms. The molecule has 21 heavy (non-hydrogen) atoms. The number of aliphatic hydroxyl groups excluding tert-OH is 1. The Morgan fingerprint density at radius 2 is 1.52 bits per heavy atom. The summed E-state index contributed by atoms with van der Waals surface area (Å²) in [5.74, 6) is 0. The number of alkyl halides is 2. The van der Waals surface area contributed by atoms with E-state index in [1.165, 1.54) is 17.7 Å². The summed E-state index contributed by atoms with van der Waals surface area (Å²) in [5, 5.41) is 10.4. The Morgan fingerprint density at radius 3 is 2.10 bits per heavy atom. The van der Waals surface area contributed by atoms with E-state index in [0.29, 0.717) is 12.0 Å². The molecule has 0 amide bonds. The van der Waals surface area contributed by atoms with Gasteiger partial charge in [0, 0.05) is 12.0 Å². The molecule has 0 fully saturated rings. The molecule has 0 heterocycles. The number of hydrogen-bond donors (Lipinski definition) is 1. The molecule has 2 rings (SSSR count). The van der Waals surface area contributed by atoms with E-state index in [2.05, 4.69) is 12.1 Å². The molecule has 0 radical (unpaired) electrons. The summed E-state index contributed by atoms with van der Waals surface area (Å²) in [5.41, 5.74) is 4.99. The Hall–Kier alpha value is -1.74. The summed E-state index contributed by atoms with van der Waals surface area (Å²) in [6.45, 7) is 6.06. The Morgan fingerprint density at radius 1 is 0.952 bits per heavy atom. The second-order valence-electron chi connectivity index (χ2n) is 5.57. The van der Waals surface area contributed by atoms with Crippen LogP contribution in [0.4, 0.5) is 8.78 Å². The third kappa shape index (κ3) is 3.67. The molecule has 1 nitrogen and oxygen atoms in total. The van der Waals surface area contributed by atoms with E-state index >= 15 is 0 Å². The number of hydrogen-bond acceptors (Lipinski definition) is 1. The van der Waals surface area contributed by atoms with Gasteiger partial charge in [-0.3, -0.25) is 0 Å². The Bertz CT molecular complexity index is 612. The molecule has 0 aliphatic rings. The summed E-state index contributed by atoms with van der Waals surface area (Å²) in [7, 11) is 0. The molecule has 0 saturated carbocycles. The van der Waals surface area contributed by atoms with Crippen molar-refractivity contribution in [3.8, 4) is 0 Å². The fourth-order valence-electron chi connectivity index (χ4n) is 2.75. The van der Waals surface area contributed by atoms with Gasteiger partial charge in [-0.25, -0.2) is 8.78 Å². The number of benzene rings is 2. The molecular formula is C18H20F2O. The van der Waals surface area contributed by atoms with Gasteiger partial charge in [0.2, 0.25) is 0 Å². The average molecular weight is 290 g/mol. The van der Waals surface area contributed by atoms with Crippen LogP contribution >= 0.6 is 0 Å². The minimum atomic E-state index is -2.51. The van der Waals surface area contributed by atoms with Gasteiger partial charge < -0.3 is 5.11 Å². The summed E-state index contributed by atoms with van der Waals surface area (Å²) < 4.78 is 25.5. The summed E-state index contributed by atoms with van der Waals surface area (Å²) in [4.78, 5) is 0. The Labute approximate surface area is 124 Å². The molecule has 112 valence electrons. The highest BCUT2D eigenvalue weighted by Crippen LogP contribution is 2.27. The average Bonchev–Trinajstić information content (AvgIpc) is 2.42. The van der Waals surface area contributed by atoms with Crippen molar-refractivity contribution in [1.29, 1.82) is 0 Å². The number of rotatable bonds is 4. The van der Waals surface area contributed by atoms with Gasteiger partial charge in [-0.05, 0) is 49.1 Å². The lowest BCUT2D eigenvalue weighted by molar-refractivity contribution is 0.149. The van der Waals surface area contributed by atoms with Gasteiger partial charge in [0.15, 0.2) is 0 Å². The van der Waals surface area contributed by atoms with Gasteiger partial charge in [-0.1, -0.05) is 35.9 Å². The lowest BCUT2D eigenvalue weighted by atomic mass is 9.92. The molecule has 0 spiro atoms. The highest BCUT2D eigenvalue weighted by atomic mass is 19.3. The second kappa shape index (κ2) is 6.35. The Balaban J connectivity index is 2.26. The van der Waals surface area contributed by atoms with Crippen molar-refractivity contribution in [2.24, 2.45) is 0 Å². The molecular weight excluding hydrogens is 270 g/mol. The van der Waals surface area contributed by atoms with Crippen molar-refractivity contribution in [2.75, 3.05) is 0 Å². The van der Waals surface area contributed by atoms with Crippen LogP contribution in [0.25, 0.3) is 0 Å². The van der Waals surface area contributed by atoms with Crippen molar-refractivity contribution in [3.05, 3.63) is 69.8 Å². The van der Waals surface area contributed by atoms with Crippen LogP contribution in [0, 0.1) is 20.8 Å². The first kappa shape index (κ1) is 15.6. The summed E-state index contributed by atoms with van der Waals surface area (Å²) in [6.07, 6.45) is -2.85. The van der Waals surface area contributed by atoms with Crippen molar-refractivity contribution in [3.63, 3.8) is 0 Å². The van der Waals surface area contributed by atoms with Gasteiger partial charge in [0.25, 0.3) is 6.43 Å². The van der Waals surface area contributed by atoms with Gasteiger partial charge in [-0.15, -0.1) is 0 Å². The van der Waals surface area contributed by atoms with Crippen molar-refractivity contribution >= 4 is 0 Å². The van der Waals surface area contributed by atoms with Gasteiger partial charge >= 0.3 is 0 Å². The monoisotopic (exact) mass is 290 g/mol. The lowest BCUT2D eigenvalue weighted by Crippen LogP contribution is -2.06. The zero-order chi connectivity index (χ0) is 15.6. The third-order valence-electron chi connectivity index (χ3n) is 3.79. The van der Waals surface area contributed by atoms with Crippen LogP contribution in [0.15, 0.2) is 36.4 Å². The molecule has 1 unspecified atom stereocenters. The second-order valence-corrected chi connectivity index (χ2v) is 5.57. The minimum Gasteiger partial charge on any atom is -0.388 e. The fraction of sp³-hybridized carbons (Fsp3) is 0.333. The van der Waals surface area contributed by atoms with Gasteiger partial charge in [0.1, 0.15) is 0 Å². The topological polar surface area (TPSA) is 20.2 Å². The van der Waals surface area contributed by atoms with E-state index in [-0.39, 0.29) is 5.56 Å². The zero-order valence-corrected chi connectivity index (χ0v) is 12.5. The molecule has 1 N–H and O–H groups in total. The van der Waals surface area contributed by atoms with E-state index in [4.69, 9.17) is 0 Å². The number of aliphatic hydroxyl groups is 1. The standard InChI is InChI=1S/C18H20F2O/c1-11-7-12(2)16(13(3)8-11)10-17(21)14-5-4-6-15(9-14)18(19)20/h4-9,17-18,21H,10H2,1-3H3. The molecule has 0 aromatic heterocycles. The molecule has 2 aromatic rings. The van der Waals surface area contributed by atoms with E-state index in [0.717, 1.165) is 16.7 Å².